The van der Waals surface area contributed by atoms with Gasteiger partial charge in [-0.2, -0.15) is 0 Å². The molecular formula is C11H11IN2O. The maximum absolute atomic E-state index is 11.8. The molecule has 0 N–H and O–H groups in total. The lowest BCUT2D eigenvalue weighted by Gasteiger charge is -2.09. The lowest BCUT2D eigenvalue weighted by molar-refractivity contribution is 0.695. The van der Waals surface area contributed by atoms with Gasteiger partial charge in [-0.05, 0) is 35.1 Å². The average molecular weight is 314 g/mol. The summed E-state index contributed by atoms with van der Waals surface area (Å²) in [5, 5.41) is 0.706. The maximum Gasteiger partial charge on any atom is 0.204 e. The highest BCUT2D eigenvalue weighted by Crippen LogP contribution is 2.11. The van der Waals surface area contributed by atoms with Gasteiger partial charge in [0.25, 0.3) is 0 Å². The van der Waals surface area contributed by atoms with E-state index in [1.165, 1.54) is 0 Å². The van der Waals surface area contributed by atoms with Crippen LogP contribution in [0.2, 0.25) is 0 Å². The molecule has 4 heteroatoms. The van der Waals surface area contributed by atoms with E-state index in [2.05, 4.69) is 39.1 Å². The second-order valence-corrected chi connectivity index (χ2v) is 4.55. The molecule has 0 fully saturated rings. The average Bonchev–Trinajstić information content (AvgIpc) is 2.26. The molecule has 0 bridgehead atoms. The molecule has 0 aromatic carbocycles. The molecule has 0 saturated carbocycles. The summed E-state index contributed by atoms with van der Waals surface area (Å²) in [7, 11) is 0. The molecule has 0 atom stereocenters. The molecule has 0 aliphatic carbocycles. The van der Waals surface area contributed by atoms with E-state index in [0.717, 1.165) is 22.1 Å². The number of aromatic nitrogens is 2. The summed E-state index contributed by atoms with van der Waals surface area (Å²) in [5.74, 6) is 0. The van der Waals surface area contributed by atoms with E-state index < -0.39 is 0 Å². The van der Waals surface area contributed by atoms with Gasteiger partial charge >= 0.3 is 0 Å². The first kappa shape index (κ1) is 10.6. The van der Waals surface area contributed by atoms with Crippen LogP contribution in [0.25, 0.3) is 10.9 Å². The minimum Gasteiger partial charge on any atom is -0.346 e. The van der Waals surface area contributed by atoms with Gasteiger partial charge in [-0.3, -0.25) is 9.78 Å². The summed E-state index contributed by atoms with van der Waals surface area (Å²) < 4.78 is 2.86. The zero-order valence-electron chi connectivity index (χ0n) is 8.40. The predicted molar refractivity (Wildman–Crippen MR) is 69.0 cm³/mol. The minimum absolute atomic E-state index is 0.0750. The molecule has 15 heavy (non-hydrogen) atoms. The van der Waals surface area contributed by atoms with Gasteiger partial charge in [-0.25, -0.2) is 0 Å². The molecule has 2 aromatic heterocycles. The SMILES string of the molecule is CCCn1cc(I)c(=O)c2cnccc21. The van der Waals surface area contributed by atoms with Crippen LogP contribution in [0, 0.1) is 3.57 Å². The number of fused-ring (bicyclic) bond motifs is 1. The molecule has 0 radical (unpaired) electrons. The molecule has 2 rings (SSSR count). The number of nitrogens with zero attached hydrogens (tertiary/aromatic N) is 2. The van der Waals surface area contributed by atoms with Crippen LogP contribution in [0.1, 0.15) is 13.3 Å². The summed E-state index contributed by atoms with van der Waals surface area (Å²) in [6.45, 7) is 3.05. The third-order valence-electron chi connectivity index (χ3n) is 2.30. The fourth-order valence-corrected chi connectivity index (χ4v) is 2.26. The number of pyridine rings is 2. The molecular weight excluding hydrogens is 303 g/mol. The van der Waals surface area contributed by atoms with E-state index in [1.54, 1.807) is 12.4 Å². The molecule has 0 unspecified atom stereocenters. The predicted octanol–water partition coefficient (Wildman–Crippen LogP) is 2.41. The third kappa shape index (κ3) is 1.90. The zero-order valence-corrected chi connectivity index (χ0v) is 10.6. The lowest BCUT2D eigenvalue weighted by atomic mass is 10.2. The highest BCUT2D eigenvalue weighted by Gasteiger charge is 2.05. The van der Waals surface area contributed by atoms with Crippen LogP contribution in [-0.4, -0.2) is 9.55 Å². The van der Waals surface area contributed by atoms with E-state index in [1.807, 2.05) is 12.3 Å². The number of rotatable bonds is 2. The Morgan fingerprint density at radius 2 is 2.33 bits per heavy atom. The second-order valence-electron chi connectivity index (χ2n) is 3.39. The third-order valence-corrected chi connectivity index (χ3v) is 3.07. The van der Waals surface area contributed by atoms with Gasteiger partial charge in [0.05, 0.1) is 14.5 Å². The minimum atomic E-state index is 0.0750. The second kappa shape index (κ2) is 4.30. The lowest BCUT2D eigenvalue weighted by Crippen LogP contribution is -2.12. The Kier molecular flexibility index (Phi) is 3.04. The van der Waals surface area contributed by atoms with Gasteiger partial charge in [0.2, 0.25) is 5.43 Å². The fraction of sp³-hybridized carbons (Fsp3) is 0.273. The van der Waals surface area contributed by atoms with Crippen LogP contribution >= 0.6 is 22.6 Å². The van der Waals surface area contributed by atoms with Crippen LogP contribution in [-0.2, 0) is 6.54 Å². The summed E-state index contributed by atoms with van der Waals surface area (Å²) in [5.41, 5.74) is 1.04. The van der Waals surface area contributed by atoms with E-state index >= 15 is 0 Å². The van der Waals surface area contributed by atoms with Gasteiger partial charge in [0.15, 0.2) is 0 Å². The molecule has 0 aliphatic heterocycles. The fourth-order valence-electron chi connectivity index (χ4n) is 1.63. The Hall–Kier alpha value is -0.910. The normalized spacial score (nSPS) is 10.8. The van der Waals surface area contributed by atoms with Gasteiger partial charge in [-0.15, -0.1) is 0 Å². The van der Waals surface area contributed by atoms with Crippen LogP contribution in [0.5, 0.6) is 0 Å². The largest absolute Gasteiger partial charge is 0.346 e. The number of hydrogen-bond donors (Lipinski definition) is 0. The monoisotopic (exact) mass is 314 g/mol. The van der Waals surface area contributed by atoms with Gasteiger partial charge < -0.3 is 4.57 Å². The van der Waals surface area contributed by atoms with Gasteiger partial charge in [0.1, 0.15) is 0 Å². The standard InChI is InChI=1S/C11H11IN2O/c1-2-5-14-7-9(12)11(15)8-6-13-4-3-10(8)14/h3-4,6-7H,2,5H2,1H3. The van der Waals surface area contributed by atoms with Gasteiger partial charge in [0, 0.05) is 25.1 Å². The van der Waals surface area contributed by atoms with Crippen molar-refractivity contribution in [1.82, 2.24) is 9.55 Å². The summed E-state index contributed by atoms with van der Waals surface area (Å²) in [4.78, 5) is 15.8. The maximum atomic E-state index is 11.8. The zero-order chi connectivity index (χ0) is 10.8. The summed E-state index contributed by atoms with van der Waals surface area (Å²) in [6.07, 6.45) is 6.33. The van der Waals surface area contributed by atoms with E-state index in [-0.39, 0.29) is 5.43 Å². The molecule has 0 aliphatic rings. The number of aryl methyl sites for hydroxylation is 1. The first-order valence-electron chi connectivity index (χ1n) is 4.86. The Balaban J connectivity index is 2.82. The van der Waals surface area contributed by atoms with E-state index in [4.69, 9.17) is 0 Å². The smallest absolute Gasteiger partial charge is 0.204 e. The van der Waals surface area contributed by atoms with Crippen molar-refractivity contribution in [1.29, 1.82) is 0 Å². The van der Waals surface area contributed by atoms with E-state index in [0.29, 0.717) is 5.39 Å². The van der Waals surface area contributed by atoms with Crippen molar-refractivity contribution in [3.63, 3.8) is 0 Å². The number of halogens is 1. The highest BCUT2D eigenvalue weighted by molar-refractivity contribution is 14.1. The Bertz CT molecular complexity index is 548. The molecule has 3 nitrogen and oxygen atoms in total. The summed E-state index contributed by atoms with van der Waals surface area (Å²) >= 11 is 2.08. The molecule has 0 amide bonds. The molecule has 2 aromatic rings. The Labute approximate surface area is 101 Å². The van der Waals surface area contributed by atoms with Crippen molar-refractivity contribution in [3.05, 3.63) is 38.5 Å². The first-order valence-corrected chi connectivity index (χ1v) is 5.94. The highest BCUT2D eigenvalue weighted by atomic mass is 127. The number of hydrogen-bond acceptors (Lipinski definition) is 2. The van der Waals surface area contributed by atoms with Crippen molar-refractivity contribution in [2.45, 2.75) is 19.9 Å². The van der Waals surface area contributed by atoms with Crippen LogP contribution < -0.4 is 5.43 Å². The summed E-state index contributed by atoms with van der Waals surface area (Å²) in [6, 6.07) is 1.89. The molecule has 78 valence electrons. The van der Waals surface area contributed by atoms with Crippen molar-refractivity contribution in [2.24, 2.45) is 0 Å². The van der Waals surface area contributed by atoms with Crippen LogP contribution in [0.15, 0.2) is 29.5 Å². The van der Waals surface area contributed by atoms with Crippen LogP contribution in [0.3, 0.4) is 0 Å². The van der Waals surface area contributed by atoms with E-state index in [9.17, 15) is 4.79 Å². The van der Waals surface area contributed by atoms with Crippen molar-refractivity contribution in [3.8, 4) is 0 Å². The Morgan fingerprint density at radius 3 is 3.07 bits per heavy atom. The molecule has 0 spiro atoms. The van der Waals surface area contributed by atoms with Crippen LogP contribution in [0.4, 0.5) is 0 Å². The van der Waals surface area contributed by atoms with Crippen molar-refractivity contribution in [2.75, 3.05) is 0 Å². The molecule has 2 heterocycles. The Morgan fingerprint density at radius 1 is 1.53 bits per heavy atom. The molecule has 0 saturated heterocycles. The first-order chi connectivity index (χ1) is 7.24. The topological polar surface area (TPSA) is 34.9 Å². The van der Waals surface area contributed by atoms with Crippen molar-refractivity contribution >= 4 is 33.5 Å². The van der Waals surface area contributed by atoms with Gasteiger partial charge in [-0.1, -0.05) is 6.92 Å². The quantitative estimate of drug-likeness (QED) is 0.798. The van der Waals surface area contributed by atoms with Crippen molar-refractivity contribution < 1.29 is 0 Å².